The number of nitriles is 1. The Hall–Kier alpha value is -4.18. The minimum absolute atomic E-state index is 0.537. The highest BCUT2D eigenvalue weighted by Crippen LogP contribution is 2.14. The summed E-state index contributed by atoms with van der Waals surface area (Å²) in [5.41, 5.74) is 3.84. The predicted octanol–water partition coefficient (Wildman–Crippen LogP) is 3.95. The highest BCUT2D eigenvalue weighted by molar-refractivity contribution is 5.53. The van der Waals surface area contributed by atoms with Crippen LogP contribution in [0.5, 0.6) is 5.75 Å². The Morgan fingerprint density at radius 2 is 1.71 bits per heavy atom. The number of hydrogen-bond donors (Lipinski definition) is 1. The molecule has 3 aromatic carbocycles. The molecule has 1 aromatic heterocycles. The molecule has 0 aliphatic heterocycles. The van der Waals surface area contributed by atoms with E-state index in [1.54, 1.807) is 29.1 Å². The van der Waals surface area contributed by atoms with Crippen molar-refractivity contribution in [2.24, 2.45) is 0 Å². The highest BCUT2D eigenvalue weighted by atomic mass is 16.5. The van der Waals surface area contributed by atoms with Gasteiger partial charge in [0.25, 0.3) is 0 Å². The van der Waals surface area contributed by atoms with Gasteiger partial charge >= 0.3 is 0 Å². The third-order valence-electron chi connectivity index (χ3n) is 4.72. The zero-order valence-electron chi connectivity index (χ0n) is 17.0. The van der Waals surface area contributed by atoms with Gasteiger partial charge < -0.3 is 10.1 Å². The lowest BCUT2D eigenvalue weighted by Crippen LogP contribution is -2.11. The minimum Gasteiger partial charge on any atom is -0.492 e. The standard InChI is InChI=1S/C24H22N6O/c25-18-20-8-12-23(13-9-20)31-17-15-26-22-10-6-19(7-11-22)14-16-30-28-24(27-29-30)21-4-2-1-3-5-21/h1-13,26H,14-17H2. The molecule has 7 heteroatoms. The quantitative estimate of drug-likeness (QED) is 0.420. The van der Waals surface area contributed by atoms with E-state index in [-0.39, 0.29) is 0 Å². The molecular formula is C24H22N6O. The first-order valence-electron chi connectivity index (χ1n) is 10.1. The number of anilines is 1. The second-order valence-corrected chi connectivity index (χ2v) is 6.93. The van der Waals surface area contributed by atoms with Crippen molar-refractivity contribution in [3.05, 3.63) is 90.0 Å². The summed E-state index contributed by atoms with van der Waals surface area (Å²) in [5.74, 6) is 1.40. The molecule has 0 radical (unpaired) electrons. The fraction of sp³-hybridized carbons (Fsp3) is 0.167. The van der Waals surface area contributed by atoms with Crippen LogP contribution in [-0.4, -0.2) is 33.4 Å². The summed E-state index contributed by atoms with van der Waals surface area (Å²) in [5, 5.41) is 24.9. The van der Waals surface area contributed by atoms with Crippen molar-refractivity contribution >= 4 is 5.69 Å². The molecule has 4 rings (SSSR count). The summed E-state index contributed by atoms with van der Waals surface area (Å²) in [6.45, 7) is 1.89. The SMILES string of the molecule is N#Cc1ccc(OCCNc2ccc(CCn3nnc(-c4ccccc4)n3)cc2)cc1. The van der Waals surface area contributed by atoms with Crippen molar-refractivity contribution in [1.82, 2.24) is 20.2 Å². The largest absolute Gasteiger partial charge is 0.492 e. The van der Waals surface area contributed by atoms with Gasteiger partial charge in [-0.15, -0.1) is 10.2 Å². The van der Waals surface area contributed by atoms with Crippen LogP contribution in [0.2, 0.25) is 0 Å². The fourth-order valence-corrected chi connectivity index (χ4v) is 3.05. The van der Waals surface area contributed by atoms with Crippen molar-refractivity contribution in [3.63, 3.8) is 0 Å². The number of aromatic nitrogens is 4. The van der Waals surface area contributed by atoms with Gasteiger partial charge in [-0.25, -0.2) is 0 Å². The number of aryl methyl sites for hydroxylation is 2. The molecule has 0 fully saturated rings. The number of tetrazole rings is 1. The second kappa shape index (κ2) is 10.0. The van der Waals surface area contributed by atoms with Gasteiger partial charge in [0.15, 0.2) is 0 Å². The van der Waals surface area contributed by atoms with Crippen LogP contribution in [0, 0.1) is 11.3 Å². The van der Waals surface area contributed by atoms with Gasteiger partial charge in [-0.05, 0) is 53.6 Å². The van der Waals surface area contributed by atoms with Gasteiger partial charge in [0.2, 0.25) is 5.82 Å². The molecule has 4 aromatic rings. The molecule has 0 spiro atoms. The normalized spacial score (nSPS) is 10.4. The molecule has 0 aliphatic carbocycles. The maximum Gasteiger partial charge on any atom is 0.204 e. The van der Waals surface area contributed by atoms with Gasteiger partial charge in [-0.1, -0.05) is 42.5 Å². The van der Waals surface area contributed by atoms with Crippen LogP contribution in [0.1, 0.15) is 11.1 Å². The molecule has 154 valence electrons. The molecule has 0 amide bonds. The number of nitrogens with zero attached hydrogens (tertiary/aromatic N) is 5. The molecule has 31 heavy (non-hydrogen) atoms. The maximum absolute atomic E-state index is 8.81. The topological polar surface area (TPSA) is 88.6 Å². The summed E-state index contributed by atoms with van der Waals surface area (Å²) >= 11 is 0. The number of nitrogens with one attached hydrogen (secondary N) is 1. The van der Waals surface area contributed by atoms with Crippen LogP contribution in [0.25, 0.3) is 11.4 Å². The van der Waals surface area contributed by atoms with E-state index in [0.29, 0.717) is 31.1 Å². The monoisotopic (exact) mass is 410 g/mol. The highest BCUT2D eigenvalue weighted by Gasteiger charge is 2.05. The number of hydrogen-bond acceptors (Lipinski definition) is 6. The van der Waals surface area contributed by atoms with E-state index in [0.717, 1.165) is 23.4 Å². The predicted molar refractivity (Wildman–Crippen MR) is 119 cm³/mol. The smallest absolute Gasteiger partial charge is 0.204 e. The van der Waals surface area contributed by atoms with Crippen molar-refractivity contribution in [3.8, 4) is 23.2 Å². The van der Waals surface area contributed by atoms with E-state index < -0.39 is 0 Å². The Bertz CT molecular complexity index is 1130. The number of rotatable bonds is 9. The van der Waals surface area contributed by atoms with E-state index in [1.807, 2.05) is 30.3 Å². The summed E-state index contributed by atoms with van der Waals surface area (Å²) < 4.78 is 5.68. The summed E-state index contributed by atoms with van der Waals surface area (Å²) in [7, 11) is 0. The lowest BCUT2D eigenvalue weighted by molar-refractivity contribution is 0.333. The van der Waals surface area contributed by atoms with Crippen LogP contribution in [0.3, 0.4) is 0 Å². The van der Waals surface area contributed by atoms with Crippen LogP contribution >= 0.6 is 0 Å². The first kappa shape index (κ1) is 20.1. The van der Waals surface area contributed by atoms with Crippen LogP contribution in [0.15, 0.2) is 78.9 Å². The molecular weight excluding hydrogens is 388 g/mol. The van der Waals surface area contributed by atoms with E-state index in [2.05, 4.69) is 51.1 Å². The lowest BCUT2D eigenvalue weighted by Gasteiger charge is -2.09. The molecule has 1 heterocycles. The Morgan fingerprint density at radius 3 is 2.45 bits per heavy atom. The minimum atomic E-state index is 0.537. The maximum atomic E-state index is 8.81. The average molecular weight is 410 g/mol. The third kappa shape index (κ3) is 5.67. The van der Waals surface area contributed by atoms with Crippen molar-refractivity contribution in [2.45, 2.75) is 13.0 Å². The Balaban J connectivity index is 1.20. The summed E-state index contributed by atoms with van der Waals surface area (Å²) in [6, 6.07) is 27.4. The molecule has 0 aliphatic rings. The van der Waals surface area contributed by atoms with Gasteiger partial charge in [0.05, 0.1) is 18.2 Å². The fourth-order valence-electron chi connectivity index (χ4n) is 3.05. The molecule has 0 atom stereocenters. The van der Waals surface area contributed by atoms with Crippen LogP contribution < -0.4 is 10.1 Å². The molecule has 0 saturated carbocycles. The number of benzene rings is 3. The van der Waals surface area contributed by atoms with Crippen molar-refractivity contribution in [1.29, 1.82) is 5.26 Å². The van der Waals surface area contributed by atoms with Gasteiger partial charge in [-0.2, -0.15) is 10.1 Å². The molecule has 0 bridgehead atoms. The van der Waals surface area contributed by atoms with E-state index >= 15 is 0 Å². The van der Waals surface area contributed by atoms with E-state index in [1.165, 1.54) is 5.56 Å². The van der Waals surface area contributed by atoms with Crippen LogP contribution in [0.4, 0.5) is 5.69 Å². The lowest BCUT2D eigenvalue weighted by atomic mass is 10.1. The Morgan fingerprint density at radius 1 is 0.935 bits per heavy atom. The first-order valence-corrected chi connectivity index (χ1v) is 10.1. The summed E-state index contributed by atoms with van der Waals surface area (Å²) in [6.07, 6.45) is 0.826. The molecule has 0 unspecified atom stereocenters. The first-order chi connectivity index (χ1) is 15.3. The second-order valence-electron chi connectivity index (χ2n) is 6.93. The summed E-state index contributed by atoms with van der Waals surface area (Å²) in [4.78, 5) is 1.63. The zero-order chi connectivity index (χ0) is 21.3. The van der Waals surface area contributed by atoms with Gasteiger partial charge in [0, 0.05) is 17.8 Å². The molecule has 7 nitrogen and oxygen atoms in total. The molecule has 0 saturated heterocycles. The van der Waals surface area contributed by atoms with Crippen LogP contribution in [-0.2, 0) is 13.0 Å². The Kier molecular flexibility index (Phi) is 6.51. The average Bonchev–Trinajstić information content (AvgIpc) is 3.31. The zero-order valence-corrected chi connectivity index (χ0v) is 17.0. The Labute approximate surface area is 180 Å². The number of ether oxygens (including phenoxy) is 1. The third-order valence-corrected chi connectivity index (χ3v) is 4.72. The van der Waals surface area contributed by atoms with Crippen molar-refractivity contribution < 1.29 is 4.74 Å². The molecule has 1 N–H and O–H groups in total. The van der Waals surface area contributed by atoms with Gasteiger partial charge in [0.1, 0.15) is 12.4 Å². The van der Waals surface area contributed by atoms with Gasteiger partial charge in [-0.3, -0.25) is 0 Å². The van der Waals surface area contributed by atoms with E-state index in [4.69, 9.17) is 10.00 Å². The van der Waals surface area contributed by atoms with E-state index in [9.17, 15) is 0 Å². The van der Waals surface area contributed by atoms with Crippen molar-refractivity contribution in [2.75, 3.05) is 18.5 Å².